The summed E-state index contributed by atoms with van der Waals surface area (Å²) in [6, 6.07) is 0. The largest absolute Gasteiger partial charge is 0.389 e. The Morgan fingerprint density at radius 3 is 2.38 bits per heavy atom. The molecule has 0 radical (unpaired) electrons. The van der Waals surface area contributed by atoms with Crippen LogP contribution in [-0.2, 0) is 9.47 Å². The molecule has 5 heteroatoms. The lowest BCUT2D eigenvalue weighted by molar-refractivity contribution is -0.0136. The van der Waals surface area contributed by atoms with Crippen LogP contribution in [0.25, 0.3) is 0 Å². The zero-order chi connectivity index (χ0) is 15.6. The molecule has 1 atom stereocenters. The molecular formula is C16H33NO4. The van der Waals surface area contributed by atoms with Crippen molar-refractivity contribution in [1.29, 1.82) is 0 Å². The Kier molecular flexibility index (Phi) is 9.44. The van der Waals surface area contributed by atoms with Crippen LogP contribution in [0.1, 0.15) is 52.4 Å². The molecule has 0 spiro atoms. The molecule has 0 bridgehead atoms. The molecule has 0 aromatic rings. The van der Waals surface area contributed by atoms with Crippen molar-refractivity contribution in [1.82, 2.24) is 5.32 Å². The zero-order valence-electron chi connectivity index (χ0n) is 13.6. The molecule has 1 aliphatic rings. The molecule has 0 heterocycles. The van der Waals surface area contributed by atoms with Crippen molar-refractivity contribution in [3.63, 3.8) is 0 Å². The molecule has 1 rings (SSSR count). The number of aliphatic hydroxyl groups is 2. The third kappa shape index (κ3) is 9.42. The van der Waals surface area contributed by atoms with Crippen LogP contribution >= 0.6 is 0 Å². The summed E-state index contributed by atoms with van der Waals surface area (Å²) in [6.07, 6.45) is 6.02. The van der Waals surface area contributed by atoms with Crippen molar-refractivity contribution in [3.05, 3.63) is 0 Å². The Balaban J connectivity index is 2.03. The van der Waals surface area contributed by atoms with Gasteiger partial charge in [-0.05, 0) is 26.7 Å². The fourth-order valence-corrected chi connectivity index (χ4v) is 2.66. The van der Waals surface area contributed by atoms with Crippen LogP contribution in [0, 0.1) is 0 Å². The van der Waals surface area contributed by atoms with E-state index in [1.807, 2.05) is 13.8 Å². The van der Waals surface area contributed by atoms with E-state index in [9.17, 15) is 10.2 Å². The molecule has 5 nitrogen and oxygen atoms in total. The summed E-state index contributed by atoms with van der Waals surface area (Å²) < 4.78 is 10.7. The van der Waals surface area contributed by atoms with Crippen molar-refractivity contribution < 1.29 is 19.7 Å². The molecule has 0 aromatic heterocycles. The molecule has 1 saturated carbocycles. The third-order valence-corrected chi connectivity index (χ3v) is 3.86. The molecule has 0 aliphatic heterocycles. The smallest absolute Gasteiger partial charge is 0.0897 e. The second kappa shape index (κ2) is 10.5. The lowest BCUT2D eigenvalue weighted by Crippen LogP contribution is -2.43. The van der Waals surface area contributed by atoms with Gasteiger partial charge in [0, 0.05) is 13.1 Å². The van der Waals surface area contributed by atoms with Gasteiger partial charge in [0.2, 0.25) is 0 Å². The first-order valence-electron chi connectivity index (χ1n) is 8.32. The topological polar surface area (TPSA) is 71.0 Å². The summed E-state index contributed by atoms with van der Waals surface area (Å²) in [5, 5.41) is 23.5. The second-order valence-corrected chi connectivity index (χ2v) is 6.42. The normalized spacial score (nSPS) is 20.4. The van der Waals surface area contributed by atoms with E-state index in [-0.39, 0.29) is 6.10 Å². The van der Waals surface area contributed by atoms with Crippen molar-refractivity contribution >= 4 is 0 Å². The highest BCUT2D eigenvalue weighted by Gasteiger charge is 2.27. The minimum absolute atomic E-state index is 0.209. The van der Waals surface area contributed by atoms with Crippen LogP contribution in [0.15, 0.2) is 0 Å². The maximum Gasteiger partial charge on any atom is 0.0897 e. The first-order valence-corrected chi connectivity index (χ1v) is 8.32. The highest BCUT2D eigenvalue weighted by molar-refractivity contribution is 4.83. The van der Waals surface area contributed by atoms with Crippen LogP contribution < -0.4 is 5.32 Å². The van der Waals surface area contributed by atoms with Crippen LogP contribution in [0.3, 0.4) is 0 Å². The Morgan fingerprint density at radius 2 is 1.76 bits per heavy atom. The summed E-state index contributed by atoms with van der Waals surface area (Å²) in [5.41, 5.74) is -0.595. The fraction of sp³-hybridized carbons (Fsp3) is 1.00. The summed E-state index contributed by atoms with van der Waals surface area (Å²) >= 11 is 0. The maximum absolute atomic E-state index is 10.5. The molecule has 1 fully saturated rings. The molecule has 0 amide bonds. The summed E-state index contributed by atoms with van der Waals surface area (Å²) in [7, 11) is 0. The predicted molar refractivity (Wildman–Crippen MR) is 83.4 cm³/mol. The van der Waals surface area contributed by atoms with Crippen molar-refractivity contribution in [2.24, 2.45) is 0 Å². The van der Waals surface area contributed by atoms with E-state index in [0.717, 1.165) is 25.7 Å². The lowest BCUT2D eigenvalue weighted by atomic mass is 9.94. The SMILES string of the molecule is CC(C)OCCOCC(O)CNCC1(O)CCCCCC1. The number of rotatable bonds is 10. The van der Waals surface area contributed by atoms with Gasteiger partial charge in [-0.15, -0.1) is 0 Å². The van der Waals surface area contributed by atoms with Gasteiger partial charge in [-0.2, -0.15) is 0 Å². The number of nitrogens with one attached hydrogen (secondary N) is 1. The summed E-state index contributed by atoms with van der Waals surface area (Å²) in [4.78, 5) is 0. The Hall–Kier alpha value is -0.200. The van der Waals surface area contributed by atoms with Crippen molar-refractivity contribution in [2.75, 3.05) is 32.9 Å². The van der Waals surface area contributed by atoms with Gasteiger partial charge < -0.3 is 25.0 Å². The standard InChI is InChI=1S/C16H33NO4/c1-14(2)21-10-9-20-12-15(18)11-17-13-16(19)7-5-3-4-6-8-16/h14-15,17-19H,3-13H2,1-2H3. The highest BCUT2D eigenvalue weighted by atomic mass is 16.5. The first kappa shape index (κ1) is 18.8. The van der Waals surface area contributed by atoms with E-state index in [1.54, 1.807) is 0 Å². The van der Waals surface area contributed by atoms with Gasteiger partial charge in [-0.1, -0.05) is 25.7 Å². The molecule has 3 N–H and O–H groups in total. The van der Waals surface area contributed by atoms with Crippen LogP contribution in [0.2, 0.25) is 0 Å². The van der Waals surface area contributed by atoms with Crippen molar-refractivity contribution in [2.45, 2.75) is 70.2 Å². The van der Waals surface area contributed by atoms with Gasteiger partial charge in [0.1, 0.15) is 0 Å². The molecular weight excluding hydrogens is 270 g/mol. The molecule has 0 aromatic carbocycles. The van der Waals surface area contributed by atoms with Crippen LogP contribution in [0.4, 0.5) is 0 Å². The number of hydrogen-bond donors (Lipinski definition) is 3. The lowest BCUT2D eigenvalue weighted by Gasteiger charge is -2.27. The minimum atomic E-state index is -0.595. The Morgan fingerprint density at radius 1 is 1.10 bits per heavy atom. The van der Waals surface area contributed by atoms with E-state index in [1.165, 1.54) is 12.8 Å². The molecule has 1 aliphatic carbocycles. The Labute approximate surface area is 129 Å². The van der Waals surface area contributed by atoms with Gasteiger partial charge in [-0.25, -0.2) is 0 Å². The van der Waals surface area contributed by atoms with Gasteiger partial charge in [0.25, 0.3) is 0 Å². The van der Waals surface area contributed by atoms with Gasteiger partial charge in [0.05, 0.1) is 37.6 Å². The fourth-order valence-electron chi connectivity index (χ4n) is 2.66. The molecule has 0 saturated heterocycles. The van der Waals surface area contributed by atoms with Gasteiger partial charge in [0.15, 0.2) is 0 Å². The van der Waals surface area contributed by atoms with E-state index in [2.05, 4.69) is 5.32 Å². The van der Waals surface area contributed by atoms with Gasteiger partial charge in [-0.3, -0.25) is 0 Å². The monoisotopic (exact) mass is 303 g/mol. The number of ether oxygens (including phenoxy) is 2. The van der Waals surface area contributed by atoms with E-state index in [4.69, 9.17) is 9.47 Å². The van der Waals surface area contributed by atoms with Crippen LogP contribution in [0.5, 0.6) is 0 Å². The van der Waals surface area contributed by atoms with Crippen molar-refractivity contribution in [3.8, 4) is 0 Å². The highest BCUT2D eigenvalue weighted by Crippen LogP contribution is 2.26. The van der Waals surface area contributed by atoms with E-state index in [0.29, 0.717) is 32.9 Å². The second-order valence-electron chi connectivity index (χ2n) is 6.42. The summed E-state index contributed by atoms with van der Waals surface area (Å²) in [6.45, 7) is 6.32. The molecule has 1 unspecified atom stereocenters. The maximum atomic E-state index is 10.5. The van der Waals surface area contributed by atoms with E-state index < -0.39 is 11.7 Å². The first-order chi connectivity index (χ1) is 10.0. The minimum Gasteiger partial charge on any atom is -0.389 e. The molecule has 21 heavy (non-hydrogen) atoms. The van der Waals surface area contributed by atoms with Gasteiger partial charge >= 0.3 is 0 Å². The zero-order valence-corrected chi connectivity index (χ0v) is 13.6. The predicted octanol–water partition coefficient (Wildman–Crippen LogP) is 1.46. The summed E-state index contributed by atoms with van der Waals surface area (Å²) in [5.74, 6) is 0. The van der Waals surface area contributed by atoms with Crippen LogP contribution in [-0.4, -0.2) is 60.9 Å². The number of hydrogen-bond acceptors (Lipinski definition) is 5. The average Bonchev–Trinajstić information content (AvgIpc) is 2.63. The quantitative estimate of drug-likeness (QED) is 0.421. The van der Waals surface area contributed by atoms with E-state index >= 15 is 0 Å². The molecule has 126 valence electrons. The number of aliphatic hydroxyl groups excluding tert-OH is 1. The third-order valence-electron chi connectivity index (χ3n) is 3.86. The Bertz CT molecular complexity index is 253. The average molecular weight is 303 g/mol.